The van der Waals surface area contributed by atoms with E-state index < -0.39 is 5.09 Å². The van der Waals surface area contributed by atoms with Crippen molar-refractivity contribution >= 4 is 5.97 Å². The summed E-state index contributed by atoms with van der Waals surface area (Å²) in [5.41, 5.74) is 0.902. The van der Waals surface area contributed by atoms with Crippen LogP contribution in [0.2, 0.25) is 0 Å². The highest BCUT2D eigenvalue weighted by Gasteiger charge is 2.04. The molecule has 0 N–H and O–H groups in total. The van der Waals surface area contributed by atoms with Crippen molar-refractivity contribution in [2.75, 3.05) is 13.2 Å². The number of hydrogen-bond acceptors (Lipinski definition) is 5. The van der Waals surface area contributed by atoms with Crippen molar-refractivity contribution in [3.8, 4) is 0 Å². The van der Waals surface area contributed by atoms with Crippen molar-refractivity contribution in [2.24, 2.45) is 0 Å². The number of benzene rings is 1. The first-order chi connectivity index (χ1) is 8.68. The minimum Gasteiger partial charge on any atom is -0.465 e. The van der Waals surface area contributed by atoms with Crippen LogP contribution in [0.15, 0.2) is 30.3 Å². The Morgan fingerprint density at radius 3 is 2.50 bits per heavy atom. The van der Waals surface area contributed by atoms with Crippen LogP contribution in [-0.2, 0) is 20.8 Å². The molecule has 6 heteroatoms. The van der Waals surface area contributed by atoms with Crippen molar-refractivity contribution in [3.63, 3.8) is 0 Å². The summed E-state index contributed by atoms with van der Waals surface area (Å²) >= 11 is 0. The number of rotatable bonds is 8. The van der Waals surface area contributed by atoms with E-state index in [1.165, 1.54) is 0 Å². The third kappa shape index (κ3) is 6.47. The summed E-state index contributed by atoms with van der Waals surface area (Å²) in [7, 11) is 0. The molecular formula is C12H15NO5. The monoisotopic (exact) mass is 253 g/mol. The van der Waals surface area contributed by atoms with E-state index in [0.717, 1.165) is 5.56 Å². The molecule has 0 atom stereocenters. The zero-order valence-electron chi connectivity index (χ0n) is 9.91. The molecule has 1 aromatic rings. The molecule has 98 valence electrons. The fraction of sp³-hybridized carbons (Fsp3) is 0.417. The van der Waals surface area contributed by atoms with E-state index in [1.54, 1.807) is 0 Å². The molecule has 0 unspecified atom stereocenters. The number of nitrogens with zero attached hydrogens (tertiary/aromatic N) is 1. The molecule has 0 fully saturated rings. The van der Waals surface area contributed by atoms with Crippen molar-refractivity contribution < 1.29 is 19.5 Å². The molecule has 0 saturated carbocycles. The van der Waals surface area contributed by atoms with Gasteiger partial charge in [-0.15, -0.1) is 10.1 Å². The summed E-state index contributed by atoms with van der Waals surface area (Å²) in [6, 6.07) is 9.30. The summed E-state index contributed by atoms with van der Waals surface area (Å²) in [5.74, 6) is -0.295. The Hall–Kier alpha value is -2.11. The van der Waals surface area contributed by atoms with Gasteiger partial charge in [0.05, 0.1) is 19.6 Å². The molecule has 0 radical (unpaired) electrons. The Morgan fingerprint density at radius 1 is 1.17 bits per heavy atom. The van der Waals surface area contributed by atoms with Gasteiger partial charge in [-0.2, -0.15) is 0 Å². The maximum absolute atomic E-state index is 11.4. The molecule has 0 aromatic heterocycles. The minimum atomic E-state index is -0.832. The average Bonchev–Trinajstić information content (AvgIpc) is 2.34. The number of esters is 1. The van der Waals surface area contributed by atoms with Gasteiger partial charge in [-0.3, -0.25) is 4.79 Å². The van der Waals surface area contributed by atoms with Crippen LogP contribution in [0.3, 0.4) is 0 Å². The Kier molecular flexibility index (Phi) is 6.24. The number of ether oxygens (including phenoxy) is 1. The topological polar surface area (TPSA) is 78.7 Å². The number of carbonyl (C=O) groups excluding carboxylic acids is 1. The Labute approximate surface area is 105 Å². The van der Waals surface area contributed by atoms with E-state index in [4.69, 9.17) is 4.74 Å². The standard InChI is InChI=1S/C12H15NO5/c14-12(10-11-6-2-1-3-7-11)17-8-4-5-9-18-13(15)16/h1-3,6-7H,4-5,8-10H2. The predicted molar refractivity (Wildman–Crippen MR) is 63.3 cm³/mol. The van der Waals surface area contributed by atoms with Crippen LogP contribution < -0.4 is 0 Å². The third-order valence-electron chi connectivity index (χ3n) is 2.19. The molecular weight excluding hydrogens is 238 g/mol. The maximum atomic E-state index is 11.4. The zero-order chi connectivity index (χ0) is 13.2. The lowest BCUT2D eigenvalue weighted by Gasteiger charge is -2.04. The van der Waals surface area contributed by atoms with Crippen molar-refractivity contribution in [1.82, 2.24) is 0 Å². The fourth-order valence-electron chi connectivity index (χ4n) is 1.34. The summed E-state index contributed by atoms with van der Waals surface area (Å²) in [5, 5.41) is 9.01. The maximum Gasteiger partial charge on any atom is 0.310 e. The summed E-state index contributed by atoms with van der Waals surface area (Å²) in [6.07, 6.45) is 1.28. The van der Waals surface area contributed by atoms with E-state index in [1.807, 2.05) is 30.3 Å². The normalized spacial score (nSPS) is 9.78. The van der Waals surface area contributed by atoms with Crippen molar-refractivity contribution in [3.05, 3.63) is 46.0 Å². The fourth-order valence-corrected chi connectivity index (χ4v) is 1.34. The predicted octanol–water partition coefficient (Wildman–Crippen LogP) is 1.76. The molecule has 18 heavy (non-hydrogen) atoms. The van der Waals surface area contributed by atoms with Gasteiger partial charge in [-0.05, 0) is 18.4 Å². The van der Waals surface area contributed by atoms with E-state index in [0.29, 0.717) is 12.8 Å². The summed E-state index contributed by atoms with van der Waals surface area (Å²) in [4.78, 5) is 25.4. The first-order valence-electron chi connectivity index (χ1n) is 5.65. The van der Waals surface area contributed by atoms with Gasteiger partial charge in [0, 0.05) is 0 Å². The smallest absolute Gasteiger partial charge is 0.310 e. The van der Waals surface area contributed by atoms with Crippen LogP contribution in [0.4, 0.5) is 0 Å². The second kappa shape index (κ2) is 8.05. The van der Waals surface area contributed by atoms with Gasteiger partial charge in [0.2, 0.25) is 0 Å². The first kappa shape index (κ1) is 14.0. The van der Waals surface area contributed by atoms with Crippen LogP contribution in [-0.4, -0.2) is 24.3 Å². The first-order valence-corrected chi connectivity index (χ1v) is 5.65. The Morgan fingerprint density at radius 2 is 1.83 bits per heavy atom. The molecule has 1 aromatic carbocycles. The highest BCUT2D eigenvalue weighted by atomic mass is 16.9. The van der Waals surface area contributed by atoms with Crippen molar-refractivity contribution in [1.29, 1.82) is 0 Å². The van der Waals surface area contributed by atoms with Gasteiger partial charge < -0.3 is 9.57 Å². The molecule has 0 bridgehead atoms. The van der Waals surface area contributed by atoms with Crippen molar-refractivity contribution in [2.45, 2.75) is 19.3 Å². The Balaban J connectivity index is 2.05. The molecule has 6 nitrogen and oxygen atoms in total. The van der Waals surface area contributed by atoms with Gasteiger partial charge >= 0.3 is 5.97 Å². The van der Waals surface area contributed by atoms with Crippen LogP contribution in [0, 0.1) is 10.1 Å². The van der Waals surface area contributed by atoms with Crippen LogP contribution in [0.5, 0.6) is 0 Å². The lowest BCUT2D eigenvalue weighted by molar-refractivity contribution is -0.757. The van der Waals surface area contributed by atoms with E-state index in [2.05, 4.69) is 4.84 Å². The average molecular weight is 253 g/mol. The quantitative estimate of drug-likeness (QED) is 0.305. The third-order valence-corrected chi connectivity index (χ3v) is 2.19. The summed E-state index contributed by atoms with van der Waals surface area (Å²) in [6.45, 7) is 0.288. The van der Waals surface area contributed by atoms with E-state index in [-0.39, 0.29) is 25.6 Å². The number of hydrogen-bond donors (Lipinski definition) is 0. The second-order valence-electron chi connectivity index (χ2n) is 3.65. The molecule has 0 amide bonds. The van der Waals surface area contributed by atoms with E-state index in [9.17, 15) is 14.9 Å². The second-order valence-corrected chi connectivity index (χ2v) is 3.65. The number of unbranched alkanes of at least 4 members (excludes halogenated alkanes) is 1. The highest BCUT2D eigenvalue weighted by molar-refractivity contribution is 5.72. The molecule has 0 aliphatic rings. The van der Waals surface area contributed by atoms with Gasteiger partial charge in [0.15, 0.2) is 0 Å². The molecule has 0 saturated heterocycles. The number of carbonyl (C=O) groups is 1. The van der Waals surface area contributed by atoms with Crippen LogP contribution in [0.25, 0.3) is 0 Å². The molecule has 0 aliphatic carbocycles. The largest absolute Gasteiger partial charge is 0.465 e. The SMILES string of the molecule is O=C(Cc1ccccc1)OCCCCO[N+](=O)[O-]. The lowest BCUT2D eigenvalue weighted by Crippen LogP contribution is -2.10. The molecule has 0 spiro atoms. The van der Waals surface area contributed by atoms with Gasteiger partial charge in [-0.25, -0.2) is 0 Å². The minimum absolute atomic E-state index is 0.0310. The highest BCUT2D eigenvalue weighted by Crippen LogP contribution is 2.01. The molecule has 0 aliphatic heterocycles. The summed E-state index contributed by atoms with van der Waals surface area (Å²) < 4.78 is 4.99. The van der Waals surface area contributed by atoms with Gasteiger partial charge in [0.1, 0.15) is 0 Å². The lowest BCUT2D eigenvalue weighted by atomic mass is 10.2. The van der Waals surface area contributed by atoms with E-state index >= 15 is 0 Å². The van der Waals surface area contributed by atoms with Gasteiger partial charge in [-0.1, -0.05) is 30.3 Å². The molecule has 0 heterocycles. The Bertz CT molecular complexity index is 379. The zero-order valence-corrected chi connectivity index (χ0v) is 9.91. The van der Waals surface area contributed by atoms with Crippen LogP contribution >= 0.6 is 0 Å². The molecule has 1 rings (SSSR count). The van der Waals surface area contributed by atoms with Gasteiger partial charge in [0.25, 0.3) is 5.09 Å². The van der Waals surface area contributed by atoms with Crippen LogP contribution in [0.1, 0.15) is 18.4 Å².